The van der Waals surface area contributed by atoms with Crippen LogP contribution in [-0.2, 0) is 12.3 Å². The van der Waals surface area contributed by atoms with E-state index in [1.165, 1.54) is 11.1 Å². The molecule has 0 bridgehead atoms. The molecule has 1 aromatic heterocycles. The molecule has 0 aliphatic rings. The minimum atomic E-state index is -0.178. The minimum Gasteiger partial charge on any atom is -0.497 e. The second-order valence-corrected chi connectivity index (χ2v) is 9.64. The molecule has 0 saturated heterocycles. The number of halogens is 1. The van der Waals surface area contributed by atoms with Gasteiger partial charge in [0.15, 0.2) is 11.0 Å². The highest BCUT2D eigenvalue weighted by molar-refractivity contribution is 9.10. The van der Waals surface area contributed by atoms with E-state index < -0.39 is 0 Å². The molecule has 0 saturated carbocycles. The van der Waals surface area contributed by atoms with Gasteiger partial charge in [-0.25, -0.2) is 0 Å². The maximum atomic E-state index is 12.7. The number of ether oxygens (including phenoxy) is 1. The largest absolute Gasteiger partial charge is 0.497 e. The van der Waals surface area contributed by atoms with Gasteiger partial charge >= 0.3 is 0 Å². The third-order valence-electron chi connectivity index (χ3n) is 5.56. The molecule has 0 fully saturated rings. The van der Waals surface area contributed by atoms with Gasteiger partial charge in [0.25, 0.3) is 5.91 Å². The number of nitrogens with one attached hydrogen (secondary N) is 1. The predicted octanol–water partition coefficient (Wildman–Crippen LogP) is 5.88. The Morgan fingerprint density at radius 3 is 2.47 bits per heavy atom. The predicted molar refractivity (Wildman–Crippen MR) is 139 cm³/mol. The van der Waals surface area contributed by atoms with E-state index >= 15 is 0 Å². The van der Waals surface area contributed by atoms with Crippen molar-refractivity contribution in [2.45, 2.75) is 31.3 Å². The van der Waals surface area contributed by atoms with E-state index in [0.29, 0.717) is 17.1 Å². The van der Waals surface area contributed by atoms with Gasteiger partial charge < -0.3 is 10.1 Å². The summed E-state index contributed by atoms with van der Waals surface area (Å²) >= 11 is 5.10. The van der Waals surface area contributed by atoms with Gasteiger partial charge in [-0.3, -0.25) is 9.36 Å². The molecule has 0 atom stereocenters. The average molecular weight is 537 g/mol. The second kappa shape index (κ2) is 10.9. The summed E-state index contributed by atoms with van der Waals surface area (Å²) in [5.74, 6) is 1.96. The minimum absolute atomic E-state index is 0.178. The van der Waals surface area contributed by atoms with Crippen LogP contribution in [0, 0.1) is 13.8 Å². The number of thioether (sulfide) groups is 1. The first-order valence-electron chi connectivity index (χ1n) is 10.8. The molecule has 1 N–H and O–H groups in total. The fourth-order valence-electron chi connectivity index (χ4n) is 3.46. The summed E-state index contributed by atoms with van der Waals surface area (Å²) in [4.78, 5) is 12.7. The highest BCUT2D eigenvalue weighted by Gasteiger charge is 2.18. The van der Waals surface area contributed by atoms with Crippen molar-refractivity contribution >= 4 is 33.6 Å². The first-order valence-corrected chi connectivity index (χ1v) is 12.5. The fourth-order valence-corrected chi connectivity index (χ4v) is 4.64. The first-order chi connectivity index (χ1) is 16.5. The zero-order chi connectivity index (χ0) is 24.1. The van der Waals surface area contributed by atoms with E-state index in [2.05, 4.69) is 69.6 Å². The monoisotopic (exact) mass is 536 g/mol. The van der Waals surface area contributed by atoms with E-state index in [0.717, 1.165) is 26.6 Å². The standard InChI is InChI=1S/C26H25BrN4O2S/c1-17-5-4-6-23(18(17)2)31-24(15-28-25(32)20-9-13-22(33-3)14-10-20)29-30-26(31)34-16-19-7-11-21(27)12-8-19/h4-14H,15-16H2,1-3H3,(H,28,32). The molecule has 0 spiro atoms. The Morgan fingerprint density at radius 1 is 1.03 bits per heavy atom. The number of aryl methyl sites for hydroxylation is 1. The summed E-state index contributed by atoms with van der Waals surface area (Å²) in [6, 6.07) is 21.4. The SMILES string of the molecule is COc1ccc(C(=O)NCc2nnc(SCc3ccc(Br)cc3)n2-c2cccc(C)c2C)cc1. The summed E-state index contributed by atoms with van der Waals surface area (Å²) in [5, 5.41) is 12.7. The van der Waals surface area contributed by atoms with Crippen LogP contribution < -0.4 is 10.1 Å². The Kier molecular flexibility index (Phi) is 7.70. The highest BCUT2D eigenvalue weighted by atomic mass is 79.9. The number of rotatable bonds is 8. The molecule has 0 radical (unpaired) electrons. The van der Waals surface area contributed by atoms with Crippen LogP contribution in [0.5, 0.6) is 5.75 Å². The van der Waals surface area contributed by atoms with Crippen molar-refractivity contribution < 1.29 is 9.53 Å². The van der Waals surface area contributed by atoms with Gasteiger partial charge in [-0.05, 0) is 73.0 Å². The lowest BCUT2D eigenvalue weighted by molar-refractivity contribution is 0.0949. The second-order valence-electron chi connectivity index (χ2n) is 7.78. The molecular weight excluding hydrogens is 512 g/mol. The van der Waals surface area contributed by atoms with Crippen molar-refractivity contribution in [3.8, 4) is 11.4 Å². The molecular formula is C26H25BrN4O2S. The number of nitrogens with zero attached hydrogens (tertiary/aromatic N) is 3. The normalized spacial score (nSPS) is 10.8. The maximum Gasteiger partial charge on any atom is 0.251 e. The zero-order valence-corrected chi connectivity index (χ0v) is 21.6. The molecule has 4 rings (SSSR count). The molecule has 8 heteroatoms. The molecule has 3 aromatic carbocycles. The van der Waals surface area contributed by atoms with Crippen LogP contribution in [0.1, 0.15) is 32.9 Å². The van der Waals surface area contributed by atoms with Crippen molar-refractivity contribution in [3.63, 3.8) is 0 Å². The van der Waals surface area contributed by atoms with E-state index in [4.69, 9.17) is 4.74 Å². The van der Waals surface area contributed by atoms with Crippen LogP contribution in [0.4, 0.5) is 0 Å². The average Bonchev–Trinajstić information content (AvgIpc) is 3.26. The van der Waals surface area contributed by atoms with Crippen LogP contribution in [0.25, 0.3) is 5.69 Å². The van der Waals surface area contributed by atoms with Crippen molar-refractivity contribution in [3.05, 3.63) is 99.3 Å². The third kappa shape index (κ3) is 5.51. The molecule has 6 nitrogen and oxygen atoms in total. The fraction of sp³-hybridized carbons (Fsp3) is 0.192. The first kappa shape index (κ1) is 24.0. The number of benzene rings is 3. The third-order valence-corrected chi connectivity index (χ3v) is 7.09. The summed E-state index contributed by atoms with van der Waals surface area (Å²) < 4.78 is 8.26. The van der Waals surface area contributed by atoms with Crippen LogP contribution in [-0.4, -0.2) is 27.8 Å². The quantitative estimate of drug-likeness (QED) is 0.285. The van der Waals surface area contributed by atoms with Gasteiger partial charge in [-0.15, -0.1) is 10.2 Å². The molecule has 4 aromatic rings. The molecule has 0 unspecified atom stereocenters. The van der Waals surface area contributed by atoms with Gasteiger partial charge in [-0.1, -0.05) is 52.0 Å². The maximum absolute atomic E-state index is 12.7. The Bertz CT molecular complexity index is 1290. The molecule has 174 valence electrons. The van der Waals surface area contributed by atoms with E-state index in [9.17, 15) is 4.79 Å². The number of amides is 1. The lowest BCUT2D eigenvalue weighted by Crippen LogP contribution is -2.24. The van der Waals surface area contributed by atoms with Crippen molar-refractivity contribution in [2.75, 3.05) is 7.11 Å². The Morgan fingerprint density at radius 2 is 1.76 bits per heavy atom. The number of methoxy groups -OCH3 is 1. The number of hydrogen-bond acceptors (Lipinski definition) is 5. The van der Waals surface area contributed by atoms with Crippen molar-refractivity contribution in [2.24, 2.45) is 0 Å². The molecule has 0 aliphatic heterocycles. The molecule has 1 amide bonds. The van der Waals surface area contributed by atoms with Gasteiger partial charge in [-0.2, -0.15) is 0 Å². The summed E-state index contributed by atoms with van der Waals surface area (Å²) in [7, 11) is 1.60. The lowest BCUT2D eigenvalue weighted by atomic mass is 10.1. The van der Waals surface area contributed by atoms with Gasteiger partial charge in [0.1, 0.15) is 5.75 Å². The van der Waals surface area contributed by atoms with Crippen molar-refractivity contribution in [1.82, 2.24) is 20.1 Å². The van der Waals surface area contributed by atoms with Crippen LogP contribution in [0.15, 0.2) is 76.4 Å². The van der Waals surface area contributed by atoms with Gasteiger partial charge in [0.2, 0.25) is 0 Å². The van der Waals surface area contributed by atoms with E-state index in [-0.39, 0.29) is 12.5 Å². The summed E-state index contributed by atoms with van der Waals surface area (Å²) in [6.07, 6.45) is 0. The number of aromatic nitrogens is 3. The van der Waals surface area contributed by atoms with Crippen LogP contribution in [0.3, 0.4) is 0 Å². The number of carbonyl (C=O) groups is 1. The summed E-state index contributed by atoms with van der Waals surface area (Å²) in [5.41, 5.74) is 5.09. The molecule has 34 heavy (non-hydrogen) atoms. The van der Waals surface area contributed by atoms with Crippen LogP contribution >= 0.6 is 27.7 Å². The zero-order valence-electron chi connectivity index (χ0n) is 19.2. The van der Waals surface area contributed by atoms with Crippen LogP contribution in [0.2, 0.25) is 0 Å². The highest BCUT2D eigenvalue weighted by Crippen LogP contribution is 2.28. The molecule has 1 heterocycles. The van der Waals surface area contributed by atoms with Crippen molar-refractivity contribution in [1.29, 1.82) is 0 Å². The Labute approximate surface area is 211 Å². The van der Waals surface area contributed by atoms with Gasteiger partial charge in [0, 0.05) is 15.8 Å². The Balaban J connectivity index is 1.59. The van der Waals surface area contributed by atoms with E-state index in [1.54, 1.807) is 43.1 Å². The topological polar surface area (TPSA) is 69.0 Å². The lowest BCUT2D eigenvalue weighted by Gasteiger charge is -2.15. The molecule has 0 aliphatic carbocycles. The Hall–Kier alpha value is -3.10. The van der Waals surface area contributed by atoms with E-state index in [1.807, 2.05) is 22.8 Å². The number of carbonyl (C=O) groups excluding carboxylic acids is 1. The summed E-state index contributed by atoms with van der Waals surface area (Å²) in [6.45, 7) is 4.43. The number of hydrogen-bond donors (Lipinski definition) is 1. The van der Waals surface area contributed by atoms with Gasteiger partial charge in [0.05, 0.1) is 19.3 Å². The smallest absolute Gasteiger partial charge is 0.251 e.